The van der Waals surface area contributed by atoms with Crippen molar-refractivity contribution in [3.8, 4) is 0 Å². The number of rotatable bonds is 2. The first-order valence-corrected chi connectivity index (χ1v) is 3.58. The van der Waals surface area contributed by atoms with Gasteiger partial charge in [-0.15, -0.1) is 6.58 Å². The minimum Gasteiger partial charge on any atom is -0.511 e. The highest BCUT2D eigenvalue weighted by Gasteiger charge is 2.21. The molecule has 1 aliphatic carbocycles. The Labute approximate surface area is 70.3 Å². The maximum atomic E-state index is 10.7. The predicted molar refractivity (Wildman–Crippen MR) is 44.6 cm³/mol. The van der Waals surface area contributed by atoms with Crippen LogP contribution in [0.2, 0.25) is 0 Å². The summed E-state index contributed by atoms with van der Waals surface area (Å²) in [7, 11) is 0. The van der Waals surface area contributed by atoms with Crippen LogP contribution < -0.4 is 0 Å². The van der Waals surface area contributed by atoms with Gasteiger partial charge in [0.15, 0.2) is 5.78 Å². The van der Waals surface area contributed by atoms with Gasteiger partial charge in [-0.25, -0.2) is 0 Å². The number of hydrogen-bond acceptors (Lipinski definition) is 3. The fourth-order valence-electron chi connectivity index (χ4n) is 1.02. The Balaban J connectivity index is 2.81. The third-order valence-electron chi connectivity index (χ3n) is 1.71. The van der Waals surface area contributed by atoms with Crippen molar-refractivity contribution in [3.63, 3.8) is 0 Å². The van der Waals surface area contributed by atoms with E-state index in [9.17, 15) is 15.0 Å². The van der Waals surface area contributed by atoms with Crippen LogP contribution in [0.4, 0.5) is 0 Å². The van der Waals surface area contributed by atoms with E-state index in [0.717, 1.165) is 6.08 Å². The predicted octanol–water partition coefficient (Wildman–Crippen LogP) is 0.730. The molecule has 0 heterocycles. The van der Waals surface area contributed by atoms with E-state index in [1.54, 1.807) is 0 Å². The lowest BCUT2D eigenvalue weighted by Gasteiger charge is -2.17. The summed E-state index contributed by atoms with van der Waals surface area (Å²) < 4.78 is 0. The zero-order valence-corrected chi connectivity index (χ0v) is 6.47. The van der Waals surface area contributed by atoms with Crippen molar-refractivity contribution in [1.82, 2.24) is 0 Å². The minimum atomic E-state index is -0.842. The third kappa shape index (κ3) is 1.62. The van der Waals surface area contributed by atoms with Crippen molar-refractivity contribution in [2.24, 2.45) is 5.92 Å². The zero-order valence-electron chi connectivity index (χ0n) is 6.47. The molecule has 1 rings (SSSR count). The highest BCUT2D eigenvalue weighted by Crippen LogP contribution is 2.19. The first-order chi connectivity index (χ1) is 5.65. The van der Waals surface area contributed by atoms with Crippen LogP contribution in [-0.4, -0.2) is 22.1 Å². The summed E-state index contributed by atoms with van der Waals surface area (Å²) in [4.78, 5) is 10.7. The lowest BCUT2D eigenvalue weighted by atomic mass is 9.95. The van der Waals surface area contributed by atoms with Crippen LogP contribution in [0.5, 0.6) is 0 Å². The smallest absolute Gasteiger partial charge is 0.181 e. The van der Waals surface area contributed by atoms with Crippen molar-refractivity contribution in [3.05, 3.63) is 36.6 Å². The van der Waals surface area contributed by atoms with Gasteiger partial charge in [0.25, 0.3) is 0 Å². The third-order valence-corrected chi connectivity index (χ3v) is 1.71. The molecule has 1 aliphatic rings. The summed E-state index contributed by atoms with van der Waals surface area (Å²) in [5, 5.41) is 18.5. The molecule has 0 aromatic heterocycles. The quantitative estimate of drug-likeness (QED) is 0.594. The Kier molecular flexibility index (Phi) is 2.45. The normalized spacial score (nSPS) is 24.9. The second-order valence-corrected chi connectivity index (χ2v) is 2.58. The Morgan fingerprint density at radius 1 is 1.67 bits per heavy atom. The molecule has 0 aliphatic heterocycles. The number of carbonyl (C=O) groups is 1. The highest BCUT2D eigenvalue weighted by atomic mass is 16.3. The van der Waals surface area contributed by atoms with Gasteiger partial charge in [-0.3, -0.25) is 4.79 Å². The van der Waals surface area contributed by atoms with Gasteiger partial charge in [0.2, 0.25) is 0 Å². The molecule has 0 bridgehead atoms. The Bertz CT molecular complexity index is 263. The van der Waals surface area contributed by atoms with Crippen molar-refractivity contribution in [2.75, 3.05) is 0 Å². The van der Waals surface area contributed by atoms with Crippen molar-refractivity contribution >= 4 is 5.78 Å². The first-order valence-electron chi connectivity index (χ1n) is 3.58. The van der Waals surface area contributed by atoms with Crippen LogP contribution in [0.25, 0.3) is 0 Å². The minimum absolute atomic E-state index is 0.116. The van der Waals surface area contributed by atoms with E-state index < -0.39 is 12.0 Å². The summed E-state index contributed by atoms with van der Waals surface area (Å²) in [5.41, 5.74) is 0. The number of ketones is 1. The number of carbonyl (C=O) groups excluding carboxylic acids is 1. The van der Waals surface area contributed by atoms with Crippen LogP contribution in [0.1, 0.15) is 0 Å². The van der Waals surface area contributed by atoms with Gasteiger partial charge in [-0.2, -0.15) is 0 Å². The van der Waals surface area contributed by atoms with Crippen LogP contribution in [0.3, 0.4) is 0 Å². The molecule has 64 valence electrons. The molecule has 0 amide bonds. The maximum absolute atomic E-state index is 10.7. The van der Waals surface area contributed by atoms with Crippen LogP contribution in [0.15, 0.2) is 36.6 Å². The summed E-state index contributed by atoms with van der Waals surface area (Å²) in [6, 6.07) is 0. The summed E-state index contributed by atoms with van der Waals surface area (Å²) in [6.45, 7) is 3.38. The van der Waals surface area contributed by atoms with Gasteiger partial charge in [-0.05, 0) is 6.08 Å². The maximum Gasteiger partial charge on any atom is 0.181 e. The molecule has 0 aromatic rings. The van der Waals surface area contributed by atoms with E-state index in [2.05, 4.69) is 6.58 Å². The average Bonchev–Trinajstić information content (AvgIpc) is 2.03. The molecule has 0 spiro atoms. The van der Waals surface area contributed by atoms with Gasteiger partial charge in [0.05, 0.1) is 12.0 Å². The fourth-order valence-corrected chi connectivity index (χ4v) is 1.02. The summed E-state index contributed by atoms with van der Waals surface area (Å²) in [6.07, 6.45) is 4.35. The number of aliphatic hydroxyl groups excluding tert-OH is 2. The summed E-state index contributed by atoms with van der Waals surface area (Å²) >= 11 is 0. The molecule has 0 saturated carbocycles. The van der Waals surface area contributed by atoms with E-state index in [1.165, 1.54) is 18.2 Å². The van der Waals surface area contributed by atoms with Crippen molar-refractivity contribution in [1.29, 1.82) is 0 Å². The second-order valence-electron chi connectivity index (χ2n) is 2.58. The van der Waals surface area contributed by atoms with Gasteiger partial charge < -0.3 is 10.2 Å². The van der Waals surface area contributed by atoms with Gasteiger partial charge >= 0.3 is 0 Å². The Morgan fingerprint density at radius 2 is 2.33 bits per heavy atom. The lowest BCUT2D eigenvalue weighted by molar-refractivity contribution is -0.110. The molecule has 0 radical (unpaired) electrons. The Hall–Kier alpha value is -1.35. The standard InChI is InChI=1S/C9H10O3/c1-2-8(11)7-4-3-6(10)5-9(7)12/h2-5,7-8,11-12H,1H2. The molecular formula is C9H10O3. The monoisotopic (exact) mass is 166 g/mol. The molecule has 2 atom stereocenters. The molecule has 12 heavy (non-hydrogen) atoms. The topological polar surface area (TPSA) is 57.5 Å². The first kappa shape index (κ1) is 8.74. The van der Waals surface area contributed by atoms with Gasteiger partial charge in [0.1, 0.15) is 5.76 Å². The molecule has 3 heteroatoms. The van der Waals surface area contributed by atoms with Crippen molar-refractivity contribution in [2.45, 2.75) is 6.10 Å². The number of hydrogen-bond donors (Lipinski definition) is 2. The molecule has 0 fully saturated rings. The molecular weight excluding hydrogens is 156 g/mol. The highest BCUT2D eigenvalue weighted by molar-refractivity contribution is 6.00. The van der Waals surface area contributed by atoms with E-state index in [1.807, 2.05) is 0 Å². The molecule has 0 saturated heterocycles. The Morgan fingerprint density at radius 3 is 2.83 bits per heavy atom. The van der Waals surface area contributed by atoms with E-state index in [0.29, 0.717) is 0 Å². The van der Waals surface area contributed by atoms with E-state index >= 15 is 0 Å². The van der Waals surface area contributed by atoms with Gasteiger partial charge in [-0.1, -0.05) is 12.2 Å². The molecule has 2 unspecified atom stereocenters. The van der Waals surface area contributed by atoms with E-state index in [4.69, 9.17) is 0 Å². The van der Waals surface area contributed by atoms with Crippen LogP contribution in [0, 0.1) is 5.92 Å². The summed E-state index contributed by atoms with van der Waals surface area (Å²) in [5.74, 6) is -0.907. The van der Waals surface area contributed by atoms with Crippen LogP contribution in [-0.2, 0) is 4.79 Å². The molecule has 2 N–H and O–H groups in total. The second kappa shape index (κ2) is 3.36. The SMILES string of the molecule is C=CC(O)C1C=CC(=O)C=C1O. The largest absolute Gasteiger partial charge is 0.511 e. The lowest BCUT2D eigenvalue weighted by Crippen LogP contribution is -2.21. The zero-order chi connectivity index (χ0) is 9.14. The molecule has 0 aromatic carbocycles. The average molecular weight is 166 g/mol. The fraction of sp³-hybridized carbons (Fsp3) is 0.222. The van der Waals surface area contributed by atoms with Gasteiger partial charge in [0, 0.05) is 6.08 Å². The molecule has 3 nitrogen and oxygen atoms in total. The number of aliphatic hydroxyl groups is 2. The van der Waals surface area contributed by atoms with E-state index in [-0.39, 0.29) is 11.5 Å². The van der Waals surface area contributed by atoms with Crippen molar-refractivity contribution < 1.29 is 15.0 Å². The number of allylic oxidation sites excluding steroid dienone is 2. The van der Waals surface area contributed by atoms with Crippen LogP contribution >= 0.6 is 0 Å².